The van der Waals surface area contributed by atoms with Gasteiger partial charge in [0.25, 0.3) is 0 Å². The van der Waals surface area contributed by atoms with Crippen molar-refractivity contribution < 1.29 is 22.8 Å². The van der Waals surface area contributed by atoms with Gasteiger partial charge in [0, 0.05) is 34.4 Å². The fourth-order valence-corrected chi connectivity index (χ4v) is 7.91. The van der Waals surface area contributed by atoms with Crippen LogP contribution in [-0.2, 0) is 27.6 Å². The molecule has 0 spiro atoms. The molecule has 5 aromatic carbocycles. The number of rotatable bonds is 5. The molecular formula is C37H27NO5S. The topological polar surface area (TPSA) is 88.6 Å². The summed E-state index contributed by atoms with van der Waals surface area (Å²) in [6.45, 7) is 1.96. The Bertz CT molecular complexity index is 2090. The number of carbonyl (C=O) groups is 3. The highest BCUT2D eigenvalue weighted by Crippen LogP contribution is 2.45. The van der Waals surface area contributed by atoms with Gasteiger partial charge in [0.15, 0.2) is 21.4 Å². The summed E-state index contributed by atoms with van der Waals surface area (Å²) in [5.41, 5.74) is 4.89. The van der Waals surface area contributed by atoms with Crippen molar-refractivity contribution in [1.29, 1.82) is 0 Å². The number of benzene rings is 5. The number of amides is 1. The third kappa shape index (κ3) is 4.39. The predicted molar refractivity (Wildman–Crippen MR) is 169 cm³/mol. The van der Waals surface area contributed by atoms with Gasteiger partial charge in [-0.1, -0.05) is 103 Å². The summed E-state index contributed by atoms with van der Waals surface area (Å²) in [5, 5.41) is -1.43. The molecule has 1 atom stereocenters. The molecule has 0 saturated carbocycles. The SMILES string of the molecule is Cc1ccc(S(=O)(=O)C2Cc3c(cc4c(c3-c3ccccc3)C(=O)c3ccccc3C4=O)N(Cc3ccccc3)C2=O)cc1. The summed E-state index contributed by atoms with van der Waals surface area (Å²) in [7, 11) is -4.13. The van der Waals surface area contributed by atoms with Gasteiger partial charge in [-0.15, -0.1) is 0 Å². The van der Waals surface area contributed by atoms with Crippen molar-refractivity contribution in [3.8, 4) is 11.1 Å². The third-order valence-corrected chi connectivity index (χ3v) is 10.5. The second-order valence-electron chi connectivity index (χ2n) is 11.2. The largest absolute Gasteiger partial charge is 0.307 e. The molecule has 1 aliphatic heterocycles. The molecule has 0 saturated heterocycles. The van der Waals surface area contributed by atoms with Crippen LogP contribution in [0.3, 0.4) is 0 Å². The fourth-order valence-electron chi connectivity index (χ4n) is 6.28. The van der Waals surface area contributed by atoms with Gasteiger partial charge < -0.3 is 4.90 Å². The summed E-state index contributed by atoms with van der Waals surface area (Å²) in [4.78, 5) is 44.0. The maximum absolute atomic E-state index is 14.3. The van der Waals surface area contributed by atoms with Crippen LogP contribution < -0.4 is 4.90 Å². The second kappa shape index (κ2) is 10.5. The maximum atomic E-state index is 14.3. The monoisotopic (exact) mass is 597 g/mol. The van der Waals surface area contributed by atoms with Crippen LogP contribution in [0, 0.1) is 6.92 Å². The Morgan fingerprint density at radius 2 is 1.27 bits per heavy atom. The van der Waals surface area contributed by atoms with Crippen molar-refractivity contribution >= 4 is 33.0 Å². The van der Waals surface area contributed by atoms with E-state index in [2.05, 4.69) is 0 Å². The lowest BCUT2D eigenvalue weighted by Crippen LogP contribution is -2.48. The molecule has 1 heterocycles. The lowest BCUT2D eigenvalue weighted by molar-refractivity contribution is -0.118. The molecule has 5 aromatic rings. The van der Waals surface area contributed by atoms with Gasteiger partial charge in [0.1, 0.15) is 5.25 Å². The van der Waals surface area contributed by atoms with Crippen LogP contribution in [0.15, 0.2) is 120 Å². The summed E-state index contributed by atoms with van der Waals surface area (Å²) in [5.74, 6) is -1.19. The number of sulfone groups is 1. The lowest BCUT2D eigenvalue weighted by atomic mass is 9.76. The quantitative estimate of drug-likeness (QED) is 0.231. The number of fused-ring (bicyclic) bond motifs is 3. The number of hydrogen-bond acceptors (Lipinski definition) is 5. The van der Waals surface area contributed by atoms with Crippen LogP contribution in [0.5, 0.6) is 0 Å². The minimum absolute atomic E-state index is 0.0592. The first-order chi connectivity index (χ1) is 21.3. The molecule has 44 heavy (non-hydrogen) atoms. The number of nitrogens with zero attached hydrogens (tertiary/aromatic N) is 1. The Kier molecular flexibility index (Phi) is 6.63. The van der Waals surface area contributed by atoms with Crippen molar-refractivity contribution in [1.82, 2.24) is 0 Å². The van der Waals surface area contributed by atoms with Crippen molar-refractivity contribution in [2.24, 2.45) is 0 Å². The molecule has 0 bridgehead atoms. The van der Waals surface area contributed by atoms with E-state index in [9.17, 15) is 22.8 Å². The first kappa shape index (κ1) is 27.7. The minimum atomic E-state index is -4.13. The highest BCUT2D eigenvalue weighted by molar-refractivity contribution is 7.92. The zero-order chi connectivity index (χ0) is 30.6. The molecule has 2 aliphatic rings. The van der Waals surface area contributed by atoms with E-state index in [1.54, 1.807) is 42.5 Å². The molecule has 1 amide bonds. The lowest BCUT2D eigenvalue weighted by Gasteiger charge is -2.37. The summed E-state index contributed by atoms with van der Waals surface area (Å²) < 4.78 is 28.3. The zero-order valence-electron chi connectivity index (χ0n) is 23.9. The molecule has 216 valence electrons. The highest BCUT2D eigenvalue weighted by Gasteiger charge is 2.45. The fraction of sp³-hybridized carbons (Fsp3) is 0.108. The summed E-state index contributed by atoms with van der Waals surface area (Å²) >= 11 is 0. The van der Waals surface area contributed by atoms with Gasteiger partial charge in [0.2, 0.25) is 5.91 Å². The Balaban J connectivity index is 1.52. The molecule has 0 fully saturated rings. The van der Waals surface area contributed by atoms with Crippen LogP contribution in [0.25, 0.3) is 11.1 Å². The molecule has 1 unspecified atom stereocenters. The van der Waals surface area contributed by atoms with Crippen molar-refractivity contribution in [2.45, 2.75) is 30.0 Å². The molecule has 0 aromatic heterocycles. The average molecular weight is 598 g/mol. The molecule has 1 aliphatic carbocycles. The maximum Gasteiger partial charge on any atom is 0.246 e. The predicted octanol–water partition coefficient (Wildman–Crippen LogP) is 6.37. The van der Waals surface area contributed by atoms with Crippen molar-refractivity contribution in [2.75, 3.05) is 4.90 Å². The summed E-state index contributed by atoms with van der Waals surface area (Å²) in [6.07, 6.45) is -0.143. The van der Waals surface area contributed by atoms with Gasteiger partial charge in [-0.2, -0.15) is 0 Å². The van der Waals surface area contributed by atoms with Crippen molar-refractivity contribution in [3.63, 3.8) is 0 Å². The van der Waals surface area contributed by atoms with Gasteiger partial charge in [-0.05, 0) is 47.4 Å². The standard InChI is InChI=1S/C37H27NO5S/c1-23-16-18-26(19-17-23)44(42,43)32-21-29-31(38(37(32)41)22-24-10-4-2-5-11-24)20-30-34(33(29)25-12-6-3-7-13-25)36(40)28-15-9-8-14-27(28)35(30)39/h2-20,32H,21-22H2,1H3. The van der Waals surface area contributed by atoms with Gasteiger partial charge in [-0.25, -0.2) is 8.42 Å². The van der Waals surface area contributed by atoms with Crippen molar-refractivity contribution in [3.05, 3.63) is 154 Å². The van der Waals surface area contributed by atoms with Crippen LogP contribution in [0.2, 0.25) is 0 Å². The molecular weight excluding hydrogens is 570 g/mol. The second-order valence-corrected chi connectivity index (χ2v) is 13.3. The Hall–Kier alpha value is -5.14. The van der Waals surface area contributed by atoms with Crippen LogP contribution >= 0.6 is 0 Å². The molecule has 0 N–H and O–H groups in total. The highest BCUT2D eigenvalue weighted by atomic mass is 32.2. The smallest absolute Gasteiger partial charge is 0.246 e. The van der Waals surface area contributed by atoms with E-state index in [4.69, 9.17) is 0 Å². The van der Waals surface area contributed by atoms with Gasteiger partial charge in [0.05, 0.1) is 11.4 Å². The van der Waals surface area contributed by atoms with Gasteiger partial charge >= 0.3 is 0 Å². The third-order valence-electron chi connectivity index (χ3n) is 8.49. The van der Waals surface area contributed by atoms with E-state index in [0.717, 1.165) is 11.1 Å². The molecule has 7 rings (SSSR count). The Morgan fingerprint density at radius 3 is 1.93 bits per heavy atom. The number of aryl methyl sites for hydroxylation is 1. The molecule has 6 nitrogen and oxygen atoms in total. The van der Waals surface area contributed by atoms with Gasteiger partial charge in [-0.3, -0.25) is 14.4 Å². The number of anilines is 1. The van der Waals surface area contributed by atoms with E-state index >= 15 is 0 Å². The Labute approximate surface area is 255 Å². The van der Waals surface area contributed by atoms with E-state index in [1.165, 1.54) is 17.0 Å². The minimum Gasteiger partial charge on any atom is -0.307 e. The first-order valence-electron chi connectivity index (χ1n) is 14.4. The van der Waals surface area contributed by atoms with E-state index in [-0.39, 0.29) is 40.6 Å². The van der Waals surface area contributed by atoms with E-state index in [1.807, 2.05) is 67.6 Å². The molecule has 0 radical (unpaired) electrons. The van der Waals surface area contributed by atoms with Crippen LogP contribution in [0.1, 0.15) is 48.5 Å². The summed E-state index contributed by atoms with van der Waals surface area (Å²) in [6, 6.07) is 33.3. The van der Waals surface area contributed by atoms with Crippen LogP contribution in [0.4, 0.5) is 5.69 Å². The number of carbonyl (C=O) groups excluding carboxylic acids is 3. The normalized spacial score (nSPS) is 15.9. The zero-order valence-corrected chi connectivity index (χ0v) is 24.7. The van der Waals surface area contributed by atoms with E-state index in [0.29, 0.717) is 33.5 Å². The Morgan fingerprint density at radius 1 is 0.682 bits per heavy atom. The first-order valence-corrected chi connectivity index (χ1v) is 15.9. The number of ketones is 2. The molecule has 7 heteroatoms. The average Bonchev–Trinajstić information content (AvgIpc) is 3.05. The van der Waals surface area contributed by atoms with Crippen LogP contribution in [-0.4, -0.2) is 31.1 Å². The van der Waals surface area contributed by atoms with E-state index < -0.39 is 21.0 Å². The number of hydrogen-bond donors (Lipinski definition) is 0.